The van der Waals surface area contributed by atoms with E-state index in [2.05, 4.69) is 51.8 Å². The minimum absolute atomic E-state index is 0.152. The van der Waals surface area contributed by atoms with Crippen molar-refractivity contribution < 1.29 is 31.6 Å². The highest BCUT2D eigenvalue weighted by Crippen LogP contribution is 2.34. The van der Waals surface area contributed by atoms with Crippen molar-refractivity contribution >= 4 is 47.9 Å². The number of hydrogen-bond donors (Lipinski definition) is 2. The molecule has 0 fully saturated rings. The summed E-state index contributed by atoms with van der Waals surface area (Å²) in [5.74, 6) is -1.32. The summed E-state index contributed by atoms with van der Waals surface area (Å²) in [6.45, 7) is -10.6. The molecule has 1 aromatic carbocycles. The standard InChI is InChI=1S/C19H20Br2N6O4S/c1-2-7-26-32(28,29)27-17-16(13-3-5-14(20)6-4-13)18(25-12-24-17)30-8-9-31-19-22-10-15(21)11-23-19/h3-6,10-12,26H,2,7-9H2,1H3,(H,24,25,27)/i1D3,2D2,7D2,8D2,12D. The Morgan fingerprint density at radius 2 is 1.84 bits per heavy atom. The summed E-state index contributed by atoms with van der Waals surface area (Å²) in [6.07, 6.45) is -1.80. The number of nitrogens with one attached hydrogen (secondary N) is 2. The monoisotopic (exact) mass is 596 g/mol. The lowest BCUT2D eigenvalue weighted by Gasteiger charge is -2.15. The third kappa shape index (κ3) is 7.08. The zero-order valence-corrected chi connectivity index (χ0v) is 19.7. The van der Waals surface area contributed by atoms with Gasteiger partial charge in [0.05, 0.1) is 12.8 Å². The summed E-state index contributed by atoms with van der Waals surface area (Å²) in [5, 5.41) is 0. The van der Waals surface area contributed by atoms with E-state index >= 15 is 0 Å². The smallest absolute Gasteiger partial charge is 0.316 e. The van der Waals surface area contributed by atoms with Crippen LogP contribution in [-0.4, -0.2) is 48.0 Å². The summed E-state index contributed by atoms with van der Waals surface area (Å²) in [5.41, 5.74) is -0.147. The van der Waals surface area contributed by atoms with Crippen LogP contribution in [0.15, 0.2) is 51.9 Å². The number of rotatable bonds is 11. The zero-order chi connectivity index (χ0) is 31.7. The van der Waals surface area contributed by atoms with Crippen LogP contribution in [0.2, 0.25) is 0 Å². The first kappa shape index (κ1) is 14.0. The maximum absolute atomic E-state index is 12.9. The molecule has 0 aliphatic carbocycles. The van der Waals surface area contributed by atoms with Gasteiger partial charge < -0.3 is 9.47 Å². The predicted octanol–water partition coefficient (Wildman–Crippen LogP) is 3.57. The molecule has 0 amide bonds. The highest BCUT2D eigenvalue weighted by Gasteiger charge is 2.19. The molecule has 0 spiro atoms. The second-order valence-electron chi connectivity index (χ2n) is 5.54. The van der Waals surface area contributed by atoms with Gasteiger partial charge in [0.2, 0.25) is 5.88 Å². The molecule has 3 rings (SSSR count). The van der Waals surface area contributed by atoms with Crippen LogP contribution < -0.4 is 18.9 Å². The average Bonchev–Trinajstić information content (AvgIpc) is 2.82. The number of ether oxygens (including phenoxy) is 2. The maximum Gasteiger partial charge on any atom is 0.316 e. The Hall–Kier alpha value is -2.35. The highest BCUT2D eigenvalue weighted by atomic mass is 79.9. The zero-order valence-electron chi connectivity index (χ0n) is 25.8. The Kier molecular flexibility index (Phi) is 5.04. The molecule has 0 aliphatic rings. The Morgan fingerprint density at radius 1 is 1.09 bits per heavy atom. The number of hydrogen-bond acceptors (Lipinski definition) is 8. The molecule has 2 heterocycles. The molecule has 10 nitrogen and oxygen atoms in total. The third-order valence-electron chi connectivity index (χ3n) is 3.40. The van der Waals surface area contributed by atoms with E-state index in [-0.39, 0.29) is 17.1 Å². The fourth-order valence-electron chi connectivity index (χ4n) is 2.17. The lowest BCUT2D eigenvalue weighted by atomic mass is 10.1. The van der Waals surface area contributed by atoms with E-state index in [1.165, 1.54) is 41.4 Å². The van der Waals surface area contributed by atoms with Crippen LogP contribution in [0.3, 0.4) is 0 Å². The first-order valence-electron chi connectivity index (χ1n) is 13.4. The van der Waals surface area contributed by atoms with Crippen molar-refractivity contribution in [2.45, 2.75) is 13.2 Å². The number of aromatic nitrogens is 4. The summed E-state index contributed by atoms with van der Waals surface area (Å²) in [7, 11) is -5.14. The largest absolute Gasteiger partial charge is 0.473 e. The molecule has 0 unspecified atom stereocenters. The highest BCUT2D eigenvalue weighted by molar-refractivity contribution is 9.10. The predicted molar refractivity (Wildman–Crippen MR) is 127 cm³/mol. The maximum atomic E-state index is 12.9. The van der Waals surface area contributed by atoms with E-state index in [4.69, 9.17) is 23.2 Å². The average molecular weight is 598 g/mol. The molecule has 0 aliphatic heterocycles. The Labute approximate surface area is 216 Å². The van der Waals surface area contributed by atoms with Gasteiger partial charge in [-0.05, 0) is 40.0 Å². The summed E-state index contributed by atoms with van der Waals surface area (Å²) >= 11 is 6.40. The van der Waals surface area contributed by atoms with Gasteiger partial charge in [0.1, 0.15) is 20.8 Å². The van der Waals surface area contributed by atoms with Crippen LogP contribution in [0.1, 0.15) is 26.9 Å². The van der Waals surface area contributed by atoms with Gasteiger partial charge in [-0.3, -0.25) is 4.72 Å². The van der Waals surface area contributed by atoms with Gasteiger partial charge in [0.15, 0.2) is 5.82 Å². The lowest BCUT2D eigenvalue weighted by Crippen LogP contribution is -2.31. The van der Waals surface area contributed by atoms with Gasteiger partial charge in [-0.2, -0.15) is 13.1 Å². The number of benzene rings is 1. The van der Waals surface area contributed by atoms with Gasteiger partial charge in [-0.1, -0.05) is 34.9 Å². The quantitative estimate of drug-likeness (QED) is 0.343. The lowest BCUT2D eigenvalue weighted by molar-refractivity contribution is 0.202. The van der Waals surface area contributed by atoms with E-state index in [1.54, 1.807) is 0 Å². The summed E-state index contributed by atoms with van der Waals surface area (Å²) in [6, 6.07) is 5.78. The van der Waals surface area contributed by atoms with Crippen LogP contribution in [0, 0.1) is 0 Å². The van der Waals surface area contributed by atoms with Crippen LogP contribution in [0.4, 0.5) is 5.82 Å². The Balaban J connectivity index is 2.02. The first-order chi connectivity index (χ1) is 19.1. The minimum Gasteiger partial charge on any atom is -0.473 e. The van der Waals surface area contributed by atoms with Crippen LogP contribution in [0.5, 0.6) is 11.9 Å². The molecule has 2 N–H and O–H groups in total. The molecule has 170 valence electrons. The third-order valence-corrected chi connectivity index (χ3v) is 5.17. The van der Waals surface area contributed by atoms with E-state index in [9.17, 15) is 8.42 Å². The SMILES string of the molecule is [2H]c1nc(NS(=O)(=O)NC([2H])([2H])C([2H])([2H])C([2H])([2H])[2H])c(-c2ccc(Br)cc2)c(OC([2H])([2H])COc2ncc(Br)cn2)n1. The normalized spacial score (nSPS) is 17.6. The van der Waals surface area contributed by atoms with Gasteiger partial charge in [-0.15, -0.1) is 0 Å². The number of anilines is 1. The second kappa shape index (κ2) is 11.5. The van der Waals surface area contributed by atoms with Gasteiger partial charge >= 0.3 is 6.01 Å². The Bertz CT molecular complexity index is 1530. The van der Waals surface area contributed by atoms with E-state index in [1.807, 2.05) is 4.72 Å². The van der Waals surface area contributed by atoms with Crippen molar-refractivity contribution in [1.29, 1.82) is 0 Å². The summed E-state index contributed by atoms with van der Waals surface area (Å²) in [4.78, 5) is 15.2. The molecule has 0 saturated carbocycles. The molecule has 2 aromatic heterocycles. The molecular weight excluding hydrogens is 568 g/mol. The van der Waals surface area contributed by atoms with Crippen molar-refractivity contribution in [2.75, 3.05) is 24.4 Å². The molecule has 0 radical (unpaired) electrons. The van der Waals surface area contributed by atoms with Crippen molar-refractivity contribution in [3.05, 3.63) is 51.9 Å². The van der Waals surface area contributed by atoms with E-state index < -0.39 is 61.1 Å². The van der Waals surface area contributed by atoms with Crippen molar-refractivity contribution in [1.82, 2.24) is 24.7 Å². The van der Waals surface area contributed by atoms with Crippen molar-refractivity contribution in [3.8, 4) is 23.0 Å². The molecule has 0 bridgehead atoms. The fourth-order valence-corrected chi connectivity index (χ4v) is 3.28. The van der Waals surface area contributed by atoms with Crippen molar-refractivity contribution in [2.24, 2.45) is 0 Å². The molecule has 32 heavy (non-hydrogen) atoms. The van der Waals surface area contributed by atoms with Crippen LogP contribution >= 0.6 is 31.9 Å². The minimum atomic E-state index is -5.14. The van der Waals surface area contributed by atoms with E-state index in [0.29, 0.717) is 8.95 Å². The fraction of sp³-hybridized carbons (Fsp3) is 0.263. The molecule has 0 saturated heterocycles. The van der Waals surface area contributed by atoms with Gasteiger partial charge in [0, 0.05) is 33.0 Å². The van der Waals surface area contributed by atoms with Gasteiger partial charge in [0.25, 0.3) is 10.2 Å². The molecule has 3 aromatic rings. The number of halogens is 2. The molecule has 13 heteroatoms. The molecule has 0 atom stereocenters. The van der Waals surface area contributed by atoms with Crippen LogP contribution in [-0.2, 0) is 10.2 Å². The first-order valence-corrected chi connectivity index (χ1v) is 11.5. The molecular formula is C19H20Br2N6O4S. The number of nitrogens with zero attached hydrogens (tertiary/aromatic N) is 4. The van der Waals surface area contributed by atoms with Gasteiger partial charge in [-0.25, -0.2) is 19.9 Å². The second-order valence-corrected chi connectivity index (χ2v) is 8.78. The Morgan fingerprint density at radius 3 is 2.56 bits per heavy atom. The van der Waals surface area contributed by atoms with Crippen molar-refractivity contribution in [3.63, 3.8) is 0 Å². The summed E-state index contributed by atoms with van der Waals surface area (Å²) < 4.78 is 118. The van der Waals surface area contributed by atoms with Crippen LogP contribution in [0.25, 0.3) is 11.1 Å². The van der Waals surface area contributed by atoms with E-state index in [0.717, 1.165) is 0 Å². The topological polar surface area (TPSA) is 128 Å².